The third-order valence-corrected chi connectivity index (χ3v) is 5.28. The quantitative estimate of drug-likeness (QED) is 0.363. The number of amides is 2. The van der Waals surface area contributed by atoms with E-state index < -0.39 is 0 Å². The highest BCUT2D eigenvalue weighted by Crippen LogP contribution is 2.22. The molecule has 5 heteroatoms. The molecule has 0 aliphatic rings. The van der Waals surface area contributed by atoms with Crippen molar-refractivity contribution in [2.24, 2.45) is 0 Å². The van der Waals surface area contributed by atoms with Crippen LogP contribution >= 0.6 is 0 Å². The van der Waals surface area contributed by atoms with Gasteiger partial charge < -0.3 is 15.4 Å². The van der Waals surface area contributed by atoms with Crippen LogP contribution in [0.5, 0.6) is 0 Å². The van der Waals surface area contributed by atoms with Crippen molar-refractivity contribution in [1.82, 2.24) is 5.32 Å². The summed E-state index contributed by atoms with van der Waals surface area (Å²) in [4.78, 5) is 24.1. The van der Waals surface area contributed by atoms with Gasteiger partial charge in [-0.25, -0.2) is 0 Å². The van der Waals surface area contributed by atoms with E-state index in [1.54, 1.807) is 0 Å². The summed E-state index contributed by atoms with van der Waals surface area (Å²) in [6, 6.07) is 26.0. The van der Waals surface area contributed by atoms with Crippen LogP contribution in [0.4, 0.5) is 5.69 Å². The van der Waals surface area contributed by atoms with E-state index in [9.17, 15) is 9.59 Å². The van der Waals surface area contributed by atoms with Crippen molar-refractivity contribution in [3.05, 3.63) is 90.0 Å². The Morgan fingerprint density at radius 2 is 1.55 bits per heavy atom. The van der Waals surface area contributed by atoms with Gasteiger partial charge in [0.2, 0.25) is 11.8 Å². The maximum absolute atomic E-state index is 12.3. The van der Waals surface area contributed by atoms with E-state index in [4.69, 9.17) is 4.74 Å². The smallest absolute Gasteiger partial charge is 0.246 e. The second kappa shape index (κ2) is 13.2. The van der Waals surface area contributed by atoms with Crippen LogP contribution in [0.15, 0.2) is 78.9 Å². The van der Waals surface area contributed by atoms with Gasteiger partial charge >= 0.3 is 0 Å². The molecule has 33 heavy (non-hydrogen) atoms. The average Bonchev–Trinajstić information content (AvgIpc) is 2.83. The summed E-state index contributed by atoms with van der Waals surface area (Å²) in [5.74, 6) is -0.105. The molecule has 0 aliphatic heterocycles. The summed E-state index contributed by atoms with van der Waals surface area (Å²) in [7, 11) is 0. The maximum Gasteiger partial charge on any atom is 0.246 e. The molecule has 0 spiro atoms. The van der Waals surface area contributed by atoms with Gasteiger partial charge in [0.15, 0.2) is 0 Å². The molecule has 0 aromatic heterocycles. The Hall–Kier alpha value is -3.44. The lowest BCUT2D eigenvalue weighted by Gasteiger charge is -2.08. The van der Waals surface area contributed by atoms with Crippen molar-refractivity contribution in [1.29, 1.82) is 0 Å². The minimum atomic E-state index is -0.113. The molecule has 5 nitrogen and oxygen atoms in total. The lowest BCUT2D eigenvalue weighted by Crippen LogP contribution is -2.28. The highest BCUT2D eigenvalue weighted by atomic mass is 16.5. The molecular formula is C28H32N2O3. The van der Waals surface area contributed by atoms with Crippen molar-refractivity contribution in [2.75, 3.05) is 18.5 Å². The zero-order chi connectivity index (χ0) is 23.3. The van der Waals surface area contributed by atoms with Crippen LogP contribution in [0.1, 0.15) is 36.8 Å². The van der Waals surface area contributed by atoms with E-state index in [1.807, 2.05) is 73.7 Å². The predicted octanol–water partition coefficient (Wildman–Crippen LogP) is 5.49. The largest absolute Gasteiger partial charge is 0.367 e. The number of anilines is 1. The van der Waals surface area contributed by atoms with Crippen LogP contribution in [0, 0.1) is 6.92 Å². The summed E-state index contributed by atoms with van der Waals surface area (Å²) in [6.07, 6.45) is 2.95. The molecule has 3 rings (SSSR count). The standard InChI is InChI=1S/C28H32N2O3/c1-22-14-16-23(17-15-22)20-33-21-28(32)29-18-7-3-6-13-27(31)30-26-12-8-11-25(19-26)24-9-4-2-5-10-24/h2,4-5,8-12,14-17,19H,3,6-7,13,18,20-21H2,1H3,(H,29,32)(H,30,31). The average molecular weight is 445 g/mol. The summed E-state index contributed by atoms with van der Waals surface area (Å²) in [6.45, 7) is 3.11. The number of rotatable bonds is 12. The van der Waals surface area contributed by atoms with E-state index in [2.05, 4.69) is 22.8 Å². The molecule has 0 fully saturated rings. The van der Waals surface area contributed by atoms with Gasteiger partial charge in [0.05, 0.1) is 6.61 Å². The Bertz CT molecular complexity index is 1020. The van der Waals surface area contributed by atoms with Crippen LogP contribution in [-0.4, -0.2) is 25.0 Å². The number of hydrogen-bond donors (Lipinski definition) is 2. The molecule has 0 unspecified atom stereocenters. The van der Waals surface area contributed by atoms with Gasteiger partial charge in [0, 0.05) is 18.7 Å². The molecule has 2 amide bonds. The number of carbonyl (C=O) groups is 2. The number of ether oxygens (including phenoxy) is 1. The van der Waals surface area contributed by atoms with E-state index in [0.29, 0.717) is 19.6 Å². The zero-order valence-electron chi connectivity index (χ0n) is 19.2. The summed E-state index contributed by atoms with van der Waals surface area (Å²) < 4.78 is 5.46. The Labute approximate surface area is 196 Å². The van der Waals surface area contributed by atoms with Crippen LogP contribution in [0.25, 0.3) is 11.1 Å². The van der Waals surface area contributed by atoms with Crippen LogP contribution < -0.4 is 10.6 Å². The number of unbranched alkanes of at least 4 members (excludes halogenated alkanes) is 2. The SMILES string of the molecule is Cc1ccc(COCC(=O)NCCCCCC(=O)Nc2cccc(-c3ccccc3)c2)cc1. The molecule has 0 bridgehead atoms. The normalized spacial score (nSPS) is 10.6. The molecule has 0 heterocycles. The van der Waals surface area contributed by atoms with Crippen LogP contribution in [0.3, 0.4) is 0 Å². The van der Waals surface area contributed by atoms with Crippen molar-refractivity contribution < 1.29 is 14.3 Å². The fraction of sp³-hybridized carbons (Fsp3) is 0.286. The Balaban J connectivity index is 1.25. The third kappa shape index (κ3) is 8.91. The number of hydrogen-bond acceptors (Lipinski definition) is 3. The summed E-state index contributed by atoms with van der Waals surface area (Å²) in [5, 5.41) is 5.84. The second-order valence-corrected chi connectivity index (χ2v) is 8.13. The molecular weight excluding hydrogens is 412 g/mol. The topological polar surface area (TPSA) is 67.4 Å². The third-order valence-electron chi connectivity index (χ3n) is 5.28. The predicted molar refractivity (Wildman–Crippen MR) is 133 cm³/mol. The second-order valence-electron chi connectivity index (χ2n) is 8.13. The highest BCUT2D eigenvalue weighted by Gasteiger charge is 2.05. The monoisotopic (exact) mass is 444 g/mol. The molecule has 0 saturated heterocycles. The molecule has 0 aliphatic carbocycles. The first kappa shape index (κ1) is 24.2. The number of benzene rings is 3. The van der Waals surface area contributed by atoms with Crippen LogP contribution in [0.2, 0.25) is 0 Å². The zero-order valence-corrected chi connectivity index (χ0v) is 19.2. The summed E-state index contributed by atoms with van der Waals surface area (Å²) in [5.41, 5.74) is 5.26. The van der Waals surface area contributed by atoms with Gasteiger partial charge in [-0.05, 0) is 48.6 Å². The molecule has 0 saturated carbocycles. The molecule has 2 N–H and O–H groups in total. The van der Waals surface area contributed by atoms with E-state index in [0.717, 1.165) is 41.6 Å². The molecule has 172 valence electrons. The highest BCUT2D eigenvalue weighted by molar-refractivity contribution is 5.91. The van der Waals surface area contributed by atoms with Gasteiger partial charge in [0.1, 0.15) is 6.61 Å². The molecule has 3 aromatic carbocycles. The van der Waals surface area contributed by atoms with Gasteiger partial charge in [-0.15, -0.1) is 0 Å². The first-order valence-corrected chi connectivity index (χ1v) is 11.5. The molecule has 0 atom stereocenters. The van der Waals surface area contributed by atoms with Crippen molar-refractivity contribution >= 4 is 17.5 Å². The lowest BCUT2D eigenvalue weighted by atomic mass is 10.1. The minimum Gasteiger partial charge on any atom is -0.367 e. The minimum absolute atomic E-state index is 0.00810. The van der Waals surface area contributed by atoms with Gasteiger partial charge in [-0.2, -0.15) is 0 Å². The number of carbonyl (C=O) groups excluding carboxylic acids is 2. The van der Waals surface area contributed by atoms with Crippen molar-refractivity contribution in [3.8, 4) is 11.1 Å². The fourth-order valence-electron chi connectivity index (χ4n) is 3.44. The van der Waals surface area contributed by atoms with Gasteiger partial charge in [-0.1, -0.05) is 78.7 Å². The van der Waals surface area contributed by atoms with E-state index >= 15 is 0 Å². The van der Waals surface area contributed by atoms with Crippen LogP contribution in [-0.2, 0) is 20.9 Å². The number of aryl methyl sites for hydroxylation is 1. The lowest BCUT2D eigenvalue weighted by molar-refractivity contribution is -0.126. The van der Waals surface area contributed by atoms with E-state index in [1.165, 1.54) is 5.56 Å². The Morgan fingerprint density at radius 3 is 2.33 bits per heavy atom. The molecule has 0 radical (unpaired) electrons. The Kier molecular flexibility index (Phi) is 9.67. The van der Waals surface area contributed by atoms with E-state index in [-0.39, 0.29) is 18.4 Å². The Morgan fingerprint density at radius 1 is 0.788 bits per heavy atom. The van der Waals surface area contributed by atoms with Gasteiger partial charge in [0.25, 0.3) is 0 Å². The summed E-state index contributed by atoms with van der Waals surface area (Å²) >= 11 is 0. The fourth-order valence-corrected chi connectivity index (χ4v) is 3.44. The molecule has 3 aromatic rings. The maximum atomic E-state index is 12.3. The first-order chi connectivity index (χ1) is 16.1. The van der Waals surface area contributed by atoms with Gasteiger partial charge in [-0.3, -0.25) is 9.59 Å². The van der Waals surface area contributed by atoms with Crippen molar-refractivity contribution in [3.63, 3.8) is 0 Å². The first-order valence-electron chi connectivity index (χ1n) is 11.5. The van der Waals surface area contributed by atoms with Crippen molar-refractivity contribution in [2.45, 2.75) is 39.2 Å². The number of nitrogens with one attached hydrogen (secondary N) is 2.